The zero-order chi connectivity index (χ0) is 104. The molecule has 4 aliphatic rings. The van der Waals surface area contributed by atoms with Crippen molar-refractivity contribution in [3.8, 4) is 0 Å². The monoisotopic (exact) mass is 1940 g/mol. The Morgan fingerprint density at radius 3 is 1.13 bits per heavy atom. The summed E-state index contributed by atoms with van der Waals surface area (Å²) in [6, 6.07) is 24.1. The summed E-state index contributed by atoms with van der Waals surface area (Å²) in [5.74, 6) is 0. The number of aromatic nitrogens is 16. The van der Waals surface area contributed by atoms with Crippen molar-refractivity contribution in [1.29, 1.82) is 0 Å². The fourth-order valence-electron chi connectivity index (χ4n) is 7.01. The summed E-state index contributed by atoms with van der Waals surface area (Å²) in [5, 5.41) is 11.9. The molecule has 0 atom stereocenters. The number of rotatable bonds is 0. The third-order valence-corrected chi connectivity index (χ3v) is 15.0. The van der Waals surface area contributed by atoms with E-state index in [0.29, 0.717) is 48.7 Å². The predicted molar refractivity (Wildman–Crippen MR) is 602 cm³/mol. The van der Waals surface area contributed by atoms with Crippen molar-refractivity contribution in [2.75, 3.05) is 6.54 Å². The van der Waals surface area contributed by atoms with Crippen molar-refractivity contribution in [2.24, 2.45) is 63.3 Å². The first-order valence-electron chi connectivity index (χ1n) is 46.2. The van der Waals surface area contributed by atoms with Gasteiger partial charge in [-0.15, -0.1) is 32.9 Å². The van der Waals surface area contributed by atoms with Crippen LogP contribution >= 0.6 is 34.0 Å². The van der Waals surface area contributed by atoms with Gasteiger partial charge in [-0.1, -0.05) is 373 Å². The van der Waals surface area contributed by atoms with E-state index in [-0.39, 0.29) is 31.1 Å². The van der Waals surface area contributed by atoms with E-state index in [4.69, 9.17) is 0 Å². The van der Waals surface area contributed by atoms with Gasteiger partial charge in [0, 0.05) is 138 Å². The largest absolute Gasteiger partial charge is 0.452 e. The second kappa shape index (κ2) is 72.2. The lowest BCUT2D eigenvalue weighted by atomic mass is 9.87. The van der Waals surface area contributed by atoms with Crippen LogP contribution in [0.25, 0.3) is 10.3 Å². The molecule has 24 heteroatoms. The minimum atomic E-state index is 0. The van der Waals surface area contributed by atoms with Gasteiger partial charge in [0.15, 0.2) is 6.39 Å². The molecular formula is C113H188N20OS3. The van der Waals surface area contributed by atoms with Crippen molar-refractivity contribution >= 4 is 74.9 Å². The molecule has 764 valence electrons. The van der Waals surface area contributed by atoms with E-state index in [9.17, 15) is 0 Å². The Kier molecular flexibility index (Phi) is 72.5. The van der Waals surface area contributed by atoms with Crippen LogP contribution in [-0.2, 0) is 41.2 Å². The molecule has 0 fully saturated rings. The summed E-state index contributed by atoms with van der Waals surface area (Å²) in [6.07, 6.45) is 42.5. The first-order chi connectivity index (χ1) is 61.8. The van der Waals surface area contributed by atoms with Crippen LogP contribution in [0.5, 0.6) is 0 Å². The van der Waals surface area contributed by atoms with Gasteiger partial charge in [0.25, 0.3) is 0 Å². The summed E-state index contributed by atoms with van der Waals surface area (Å²) in [6.45, 7) is 98.3. The third-order valence-electron chi connectivity index (χ3n) is 12.0. The molecule has 1 aromatic carbocycles. The van der Waals surface area contributed by atoms with Gasteiger partial charge in [0.05, 0.1) is 66.1 Å². The molecule has 15 heterocycles. The van der Waals surface area contributed by atoms with Crippen LogP contribution in [0.15, 0.2) is 238 Å². The molecule has 0 saturated heterocycles. The lowest BCUT2D eigenvalue weighted by molar-refractivity contribution is 0.469. The maximum Gasteiger partial charge on any atom is 0.180 e. The van der Waals surface area contributed by atoms with Gasteiger partial charge in [0.1, 0.15) is 44.8 Å². The second-order valence-electron chi connectivity index (χ2n) is 47.9. The highest BCUT2D eigenvalue weighted by atomic mass is 32.1. The van der Waals surface area contributed by atoms with Crippen molar-refractivity contribution < 1.29 is 4.42 Å². The molecule has 21 nitrogen and oxygen atoms in total. The number of hydrogen-bond acceptors (Lipinski definition) is 23. The van der Waals surface area contributed by atoms with E-state index < -0.39 is 0 Å². The van der Waals surface area contributed by atoms with Gasteiger partial charge in [-0.3, -0.25) is 44.9 Å². The molecule has 1 N–H and O–H groups in total. The lowest BCUT2D eigenvalue weighted by Crippen LogP contribution is -2.13. The smallest absolute Gasteiger partial charge is 0.180 e. The topological polar surface area (TPSA) is 272 Å². The Bertz CT molecular complexity index is 4310. The number of fused-ring (bicyclic) bond motifs is 4. The van der Waals surface area contributed by atoms with Crippen LogP contribution in [0.2, 0.25) is 0 Å². The van der Waals surface area contributed by atoms with E-state index in [0.717, 1.165) is 86.0 Å². The molecule has 0 radical (unpaired) electrons. The molecule has 12 aromatic rings. The Hall–Kier alpha value is -10.2. The van der Waals surface area contributed by atoms with E-state index in [2.05, 4.69) is 439 Å². The maximum atomic E-state index is 4.54. The number of H-pyrrole nitrogens is 1. The normalized spacial score (nSPS) is 11.7. The molecule has 11 aromatic heterocycles. The molecule has 16 rings (SSSR count). The quantitative estimate of drug-likeness (QED) is 0.148. The average Bonchev–Trinajstić information content (AvgIpc) is 1.67. The SMILES string of the molecule is C.C.C1=CCN=C1.C1=NCc2ncncc21.C1=NCc2ncncc21.C1=Nc2cccnc2C1.CC(C)(C)C.CC(C)(C)C.CC(C)(C)C.CC(C)(C)C.CC(C)(C)C.CC(C)(C)C.CC(C)(C)C.CC(C)(C)C.CC(C)(C)c1ccccc1.CC(C)(C)c1cnccn1.CC(C)(C)c1nc2cccnc2s1.CC(C)(C)c1nncs1.c1c[nH]cn1.c1ccncc1.c1cocn1.c1cscn1. The number of pyridine rings is 3. The van der Waals surface area contributed by atoms with Crippen molar-refractivity contribution in [2.45, 2.75) is 361 Å². The van der Waals surface area contributed by atoms with Gasteiger partial charge in [-0.05, 0) is 96.8 Å². The zero-order valence-corrected chi connectivity index (χ0v) is 94.4. The first-order valence-corrected chi connectivity index (χ1v) is 48.8. The standard InChI is InChI=1S/C10H12N2S.C10H14.C8H12N2.C7H6N2.2C6H5N3.C6H10N2S.C5H5N.8C5H12.C4H5N.C3H4N2.C3H3NO.C3H3NS.2CH4/c1-10(2,3)9-12-7-5-4-6-11-8(7)13-9;1-10(2,3)9-7-5-4-6-8-9;1-8(2,3)7-6-9-4-5-10-7;1-2-6-7(8-4-1)3-5-9-6;2*1-5-2-8-4-9-6(5)3-7-1;1-6(2,3)5-8-7-4-9-5;1-2-4-6-5-3-1;8*1-5(2,3)4;1-2-4-5-3-1;3*1-2-5-3-4-1;;/h4-6H,1-3H3;4-8H,1-3H3;4-6H,1-3H3;1-2,4-5H,3H2;2*1-2,4H,3H2;4H,1-3H3;1-5H;8*1-4H3;1-3H,4H2;1-3H,(H,4,5);2*1-3H;2*1H4. The molecule has 137 heavy (non-hydrogen) atoms. The fourth-order valence-corrected chi connectivity index (χ4v) is 8.96. The first kappa shape index (κ1) is 138. The summed E-state index contributed by atoms with van der Waals surface area (Å²) in [7, 11) is 0. The average molecular weight is 1940 g/mol. The Labute approximate surface area is 847 Å². The Balaban J connectivity index is -0.000000332. The Morgan fingerprint density at radius 2 is 0.861 bits per heavy atom. The van der Waals surface area contributed by atoms with Crippen molar-refractivity contribution in [3.05, 3.63) is 263 Å². The van der Waals surface area contributed by atoms with Gasteiger partial charge in [-0.25, -0.2) is 39.9 Å². The van der Waals surface area contributed by atoms with Crippen molar-refractivity contribution in [1.82, 2.24) is 80.0 Å². The number of allylic oxidation sites excluding steroid dienone is 1. The molecule has 0 amide bonds. The number of thiazole rings is 2. The van der Waals surface area contributed by atoms with Gasteiger partial charge in [0.2, 0.25) is 0 Å². The predicted octanol–water partition coefficient (Wildman–Crippen LogP) is 33.4. The van der Waals surface area contributed by atoms with Crippen LogP contribution in [0, 0.1) is 43.3 Å². The maximum absolute atomic E-state index is 4.54. The summed E-state index contributed by atoms with van der Waals surface area (Å²) in [4.78, 5) is 71.4. The lowest BCUT2D eigenvalue weighted by Gasteiger charge is -2.18. The summed E-state index contributed by atoms with van der Waals surface area (Å²) < 4.78 is 4.47. The summed E-state index contributed by atoms with van der Waals surface area (Å²) in [5.41, 5.74) is 18.0. The third kappa shape index (κ3) is 109. The molecule has 0 bridgehead atoms. The van der Waals surface area contributed by atoms with Gasteiger partial charge >= 0.3 is 0 Å². The minimum absolute atomic E-state index is 0. The molecule has 0 saturated carbocycles. The molecule has 0 aliphatic carbocycles. The summed E-state index contributed by atoms with van der Waals surface area (Å²) >= 11 is 4.89. The second-order valence-corrected chi connectivity index (χ2v) is 50.5. The van der Waals surface area contributed by atoms with E-state index in [1.165, 1.54) is 18.2 Å². The number of nitrogens with zero attached hydrogens (tertiary/aromatic N) is 19. The number of aromatic amines is 1. The number of oxazole rings is 1. The molecular weight excluding hydrogens is 1750 g/mol. The zero-order valence-electron chi connectivity index (χ0n) is 92.0. The van der Waals surface area contributed by atoms with Crippen molar-refractivity contribution in [3.63, 3.8) is 0 Å². The number of benzene rings is 1. The van der Waals surface area contributed by atoms with Crippen LogP contribution in [0.3, 0.4) is 0 Å². The van der Waals surface area contributed by atoms with E-state index in [1.807, 2.05) is 72.4 Å². The fraction of sp³-hybridized carbons (Fsp3) is 0.549. The van der Waals surface area contributed by atoms with Crippen LogP contribution < -0.4 is 0 Å². The molecule has 0 unspecified atom stereocenters. The number of aliphatic imine (C=N–C) groups is 4. The highest BCUT2D eigenvalue weighted by Gasteiger charge is 2.20. The highest BCUT2D eigenvalue weighted by Crippen LogP contribution is 2.30. The van der Waals surface area contributed by atoms with E-state index >= 15 is 0 Å². The van der Waals surface area contributed by atoms with Crippen LogP contribution in [0.1, 0.15) is 369 Å². The van der Waals surface area contributed by atoms with Gasteiger partial charge in [-0.2, -0.15) is 0 Å². The number of nitrogens with one attached hydrogen (secondary N) is 1. The molecule has 4 aliphatic heterocycles. The highest BCUT2D eigenvalue weighted by molar-refractivity contribution is 7.18. The van der Waals surface area contributed by atoms with E-state index in [1.54, 1.807) is 157 Å². The minimum Gasteiger partial charge on any atom is -0.452 e. The van der Waals surface area contributed by atoms with Gasteiger partial charge < -0.3 is 9.40 Å². The number of hydrogen-bond donors (Lipinski definition) is 1. The molecule has 0 spiro atoms. The Morgan fingerprint density at radius 1 is 0.380 bits per heavy atom. The van der Waals surface area contributed by atoms with Crippen LogP contribution in [-0.4, -0.2) is 111 Å². The van der Waals surface area contributed by atoms with Crippen LogP contribution in [0.4, 0.5) is 5.69 Å². The number of imidazole rings is 1.